The Balaban J connectivity index is 1.69. The van der Waals surface area contributed by atoms with Crippen LogP contribution in [0.5, 0.6) is 0 Å². The fraction of sp³-hybridized carbons (Fsp3) is 0.0500. The van der Waals surface area contributed by atoms with Crippen LogP contribution < -0.4 is 5.43 Å². The van der Waals surface area contributed by atoms with Gasteiger partial charge in [-0.3, -0.25) is 4.79 Å². The molecule has 0 radical (unpaired) electrons. The van der Waals surface area contributed by atoms with Crippen LogP contribution in [-0.2, 0) is 4.74 Å². The highest BCUT2D eigenvalue weighted by Crippen LogP contribution is 2.28. The van der Waals surface area contributed by atoms with Gasteiger partial charge in [-0.1, -0.05) is 30.3 Å². The summed E-state index contributed by atoms with van der Waals surface area (Å²) >= 11 is 1.28. The second-order valence-corrected chi connectivity index (χ2v) is 6.53. The summed E-state index contributed by atoms with van der Waals surface area (Å²) in [7, 11) is 1.30. The third kappa shape index (κ3) is 4.45. The summed E-state index contributed by atoms with van der Waals surface area (Å²) in [5.74, 6) is -1.17. The monoisotopic (exact) mass is 382 g/mol. The molecule has 1 amide bonds. The van der Waals surface area contributed by atoms with Crippen LogP contribution in [0, 0.1) is 5.82 Å². The maximum Gasteiger partial charge on any atom is 0.338 e. The minimum Gasteiger partial charge on any atom is -0.465 e. The largest absolute Gasteiger partial charge is 0.465 e. The number of benzene rings is 2. The van der Waals surface area contributed by atoms with Crippen LogP contribution in [0.25, 0.3) is 10.4 Å². The quantitative estimate of drug-likeness (QED) is 0.410. The van der Waals surface area contributed by atoms with Crippen LogP contribution in [0.3, 0.4) is 0 Å². The number of methoxy groups -OCH3 is 1. The Bertz CT molecular complexity index is 996. The Morgan fingerprint density at radius 3 is 2.56 bits per heavy atom. The van der Waals surface area contributed by atoms with Gasteiger partial charge < -0.3 is 4.74 Å². The standard InChI is InChI=1S/C20H15FN2O3S/c1-26-20(25)16-5-3-2-4-14(16)12-22-23-19(24)18-11-10-17(27-18)13-6-8-15(21)9-7-13/h2-12H,1H3,(H,23,24)/b22-12-. The number of esters is 1. The zero-order chi connectivity index (χ0) is 19.2. The molecule has 0 fully saturated rings. The highest BCUT2D eigenvalue weighted by atomic mass is 32.1. The fourth-order valence-corrected chi connectivity index (χ4v) is 3.25. The number of hydrazone groups is 1. The van der Waals surface area contributed by atoms with Crippen molar-refractivity contribution in [2.45, 2.75) is 0 Å². The molecule has 0 aliphatic rings. The highest BCUT2D eigenvalue weighted by molar-refractivity contribution is 7.17. The molecule has 0 aliphatic heterocycles. The molecule has 0 aliphatic carbocycles. The van der Waals surface area contributed by atoms with Gasteiger partial charge in [-0.05, 0) is 35.9 Å². The van der Waals surface area contributed by atoms with Gasteiger partial charge in [0.05, 0.1) is 23.8 Å². The first-order valence-electron chi connectivity index (χ1n) is 7.95. The molecule has 0 atom stereocenters. The molecule has 5 nitrogen and oxygen atoms in total. The van der Waals surface area contributed by atoms with E-state index >= 15 is 0 Å². The van der Waals surface area contributed by atoms with E-state index in [-0.39, 0.29) is 11.7 Å². The van der Waals surface area contributed by atoms with E-state index in [9.17, 15) is 14.0 Å². The average molecular weight is 382 g/mol. The van der Waals surface area contributed by atoms with Crippen LogP contribution in [0.4, 0.5) is 4.39 Å². The lowest BCUT2D eigenvalue weighted by atomic mass is 10.1. The second kappa shape index (κ2) is 8.37. The predicted molar refractivity (Wildman–Crippen MR) is 103 cm³/mol. The van der Waals surface area contributed by atoms with Crippen LogP contribution >= 0.6 is 11.3 Å². The van der Waals surface area contributed by atoms with E-state index in [0.29, 0.717) is 16.0 Å². The van der Waals surface area contributed by atoms with Crippen molar-refractivity contribution in [3.8, 4) is 10.4 Å². The molecule has 136 valence electrons. The van der Waals surface area contributed by atoms with E-state index in [1.54, 1.807) is 48.5 Å². The number of carbonyl (C=O) groups is 2. The van der Waals surface area contributed by atoms with Gasteiger partial charge >= 0.3 is 5.97 Å². The van der Waals surface area contributed by atoms with Gasteiger partial charge in [0.1, 0.15) is 5.82 Å². The predicted octanol–water partition coefficient (Wildman–Crippen LogP) is 4.10. The maximum atomic E-state index is 13.0. The topological polar surface area (TPSA) is 67.8 Å². The van der Waals surface area contributed by atoms with Gasteiger partial charge in [-0.25, -0.2) is 14.6 Å². The molecule has 1 heterocycles. The van der Waals surface area contributed by atoms with Crippen molar-refractivity contribution in [2.75, 3.05) is 7.11 Å². The number of halogens is 1. The molecular formula is C20H15FN2O3S. The first-order valence-corrected chi connectivity index (χ1v) is 8.76. The number of rotatable bonds is 5. The highest BCUT2D eigenvalue weighted by Gasteiger charge is 2.11. The van der Waals surface area contributed by atoms with E-state index in [2.05, 4.69) is 10.5 Å². The molecule has 27 heavy (non-hydrogen) atoms. The molecule has 3 aromatic rings. The van der Waals surface area contributed by atoms with Gasteiger partial charge in [-0.15, -0.1) is 11.3 Å². The Kier molecular flexibility index (Phi) is 5.73. The Morgan fingerprint density at radius 1 is 1.07 bits per heavy atom. The zero-order valence-electron chi connectivity index (χ0n) is 14.3. The Hall–Kier alpha value is -3.32. The summed E-state index contributed by atoms with van der Waals surface area (Å²) in [6.45, 7) is 0. The van der Waals surface area contributed by atoms with Gasteiger partial charge in [0.2, 0.25) is 0 Å². The first kappa shape index (κ1) is 18.5. The van der Waals surface area contributed by atoms with Crippen molar-refractivity contribution in [3.05, 3.63) is 82.5 Å². The van der Waals surface area contributed by atoms with Crippen molar-refractivity contribution < 1.29 is 18.7 Å². The van der Waals surface area contributed by atoms with E-state index in [4.69, 9.17) is 4.74 Å². The normalized spacial score (nSPS) is 10.7. The van der Waals surface area contributed by atoms with Crippen LogP contribution in [0.2, 0.25) is 0 Å². The fourth-order valence-electron chi connectivity index (χ4n) is 2.35. The summed E-state index contributed by atoms with van der Waals surface area (Å²) in [6.07, 6.45) is 1.39. The molecule has 0 spiro atoms. The molecule has 7 heteroatoms. The Morgan fingerprint density at radius 2 is 1.81 bits per heavy atom. The molecular weight excluding hydrogens is 367 g/mol. The second-order valence-electron chi connectivity index (χ2n) is 5.45. The third-order valence-electron chi connectivity index (χ3n) is 3.69. The van der Waals surface area contributed by atoms with Crippen LogP contribution in [0.1, 0.15) is 25.6 Å². The van der Waals surface area contributed by atoms with E-state index in [0.717, 1.165) is 10.4 Å². The minimum absolute atomic E-state index is 0.310. The summed E-state index contributed by atoms with van der Waals surface area (Å²) in [4.78, 5) is 25.3. The molecule has 3 rings (SSSR count). The molecule has 2 aromatic carbocycles. The van der Waals surface area contributed by atoms with Gasteiger partial charge in [0, 0.05) is 10.4 Å². The first-order chi connectivity index (χ1) is 13.1. The number of hydrogen-bond donors (Lipinski definition) is 1. The minimum atomic E-state index is -0.481. The van der Waals surface area contributed by atoms with E-state index in [1.807, 2.05) is 0 Å². The average Bonchev–Trinajstić information content (AvgIpc) is 3.18. The molecule has 1 aromatic heterocycles. The SMILES string of the molecule is COC(=O)c1ccccc1/C=N\NC(=O)c1ccc(-c2ccc(F)cc2)s1. The van der Waals surface area contributed by atoms with Crippen LogP contribution in [0.15, 0.2) is 65.8 Å². The smallest absolute Gasteiger partial charge is 0.338 e. The number of thiophene rings is 1. The zero-order valence-corrected chi connectivity index (χ0v) is 15.1. The maximum absolute atomic E-state index is 13.0. The number of nitrogens with zero attached hydrogens (tertiary/aromatic N) is 1. The molecule has 0 saturated carbocycles. The van der Waals surface area contributed by atoms with Crippen molar-refractivity contribution in [1.29, 1.82) is 0 Å². The lowest BCUT2D eigenvalue weighted by Gasteiger charge is -2.03. The summed E-state index contributed by atoms with van der Waals surface area (Å²) < 4.78 is 17.7. The van der Waals surface area contributed by atoms with E-state index in [1.165, 1.54) is 36.8 Å². The lowest BCUT2D eigenvalue weighted by molar-refractivity contribution is 0.0600. The number of nitrogens with one attached hydrogen (secondary N) is 1. The lowest BCUT2D eigenvalue weighted by Crippen LogP contribution is -2.16. The molecule has 0 saturated heterocycles. The van der Waals surface area contributed by atoms with Gasteiger partial charge in [-0.2, -0.15) is 5.10 Å². The number of hydrogen-bond acceptors (Lipinski definition) is 5. The molecule has 0 unspecified atom stereocenters. The molecule has 1 N–H and O–H groups in total. The Labute approximate surface area is 159 Å². The number of amides is 1. The number of carbonyl (C=O) groups excluding carboxylic acids is 2. The van der Waals surface area contributed by atoms with Crippen LogP contribution in [-0.4, -0.2) is 25.2 Å². The third-order valence-corrected chi connectivity index (χ3v) is 4.83. The van der Waals surface area contributed by atoms with Gasteiger partial charge in [0.15, 0.2) is 0 Å². The number of ether oxygens (including phenoxy) is 1. The summed E-state index contributed by atoms with van der Waals surface area (Å²) in [6, 6.07) is 16.3. The van der Waals surface area contributed by atoms with E-state index < -0.39 is 5.97 Å². The van der Waals surface area contributed by atoms with Gasteiger partial charge in [0.25, 0.3) is 5.91 Å². The summed E-state index contributed by atoms with van der Waals surface area (Å²) in [5, 5.41) is 3.91. The van der Waals surface area contributed by atoms with Crippen molar-refractivity contribution >= 4 is 29.4 Å². The summed E-state index contributed by atoms with van der Waals surface area (Å²) in [5.41, 5.74) is 4.15. The molecule has 0 bridgehead atoms. The van der Waals surface area contributed by atoms with Crippen molar-refractivity contribution in [2.24, 2.45) is 5.10 Å². The van der Waals surface area contributed by atoms with Crippen molar-refractivity contribution in [1.82, 2.24) is 5.43 Å². The van der Waals surface area contributed by atoms with Crippen molar-refractivity contribution in [3.63, 3.8) is 0 Å².